The van der Waals surface area contributed by atoms with E-state index in [-0.39, 0.29) is 5.91 Å². The van der Waals surface area contributed by atoms with Crippen molar-refractivity contribution >= 4 is 11.9 Å². The molecule has 5 heteroatoms. The lowest BCUT2D eigenvalue weighted by Gasteiger charge is -2.33. The summed E-state index contributed by atoms with van der Waals surface area (Å²) in [4.78, 5) is 28.9. The summed E-state index contributed by atoms with van der Waals surface area (Å²) in [6.07, 6.45) is 4.90. The predicted molar refractivity (Wildman–Crippen MR) is 69.5 cm³/mol. The summed E-state index contributed by atoms with van der Waals surface area (Å²) >= 11 is 0. The quantitative estimate of drug-likeness (QED) is 0.892. The molecule has 5 nitrogen and oxygen atoms in total. The molecule has 1 atom stereocenters. The number of pyridine rings is 1. The van der Waals surface area contributed by atoms with Gasteiger partial charge in [-0.15, -0.1) is 0 Å². The molecule has 0 bridgehead atoms. The standard InChI is InChI=1S/C14H18N2O3/c17-13(8-7-11-5-1-3-9-15-11)16-10-4-2-6-12(16)14(18)19/h1,3,5,9,12H,2,4,6-8,10H2,(H,18,19)/t12-/m0/s1. The van der Waals surface area contributed by atoms with Crippen molar-refractivity contribution in [1.29, 1.82) is 0 Å². The number of carboxylic acids is 1. The molecule has 0 spiro atoms. The number of aliphatic carboxylic acids is 1. The number of carbonyl (C=O) groups excluding carboxylic acids is 1. The van der Waals surface area contributed by atoms with Gasteiger partial charge in [0.1, 0.15) is 6.04 Å². The summed E-state index contributed by atoms with van der Waals surface area (Å²) in [6.45, 7) is 0.554. The fraction of sp³-hybridized carbons (Fsp3) is 0.500. The van der Waals surface area contributed by atoms with E-state index in [2.05, 4.69) is 4.98 Å². The van der Waals surface area contributed by atoms with Crippen molar-refractivity contribution in [3.63, 3.8) is 0 Å². The van der Waals surface area contributed by atoms with E-state index < -0.39 is 12.0 Å². The van der Waals surface area contributed by atoms with Crippen LogP contribution in [-0.2, 0) is 16.0 Å². The molecule has 0 saturated carbocycles. The van der Waals surface area contributed by atoms with Gasteiger partial charge in [0.05, 0.1) is 0 Å². The van der Waals surface area contributed by atoms with Crippen LogP contribution in [0.4, 0.5) is 0 Å². The second-order valence-electron chi connectivity index (χ2n) is 4.76. The normalized spacial score (nSPS) is 19.2. The van der Waals surface area contributed by atoms with E-state index in [0.717, 1.165) is 18.5 Å². The summed E-state index contributed by atoms with van der Waals surface area (Å²) in [7, 11) is 0. The Labute approximate surface area is 112 Å². The molecular formula is C14H18N2O3. The first-order valence-corrected chi connectivity index (χ1v) is 6.60. The van der Waals surface area contributed by atoms with Crippen LogP contribution in [0.15, 0.2) is 24.4 Å². The Kier molecular flexibility index (Phi) is 4.49. The smallest absolute Gasteiger partial charge is 0.326 e. The first-order valence-electron chi connectivity index (χ1n) is 6.60. The van der Waals surface area contributed by atoms with Crippen LogP contribution in [0, 0.1) is 0 Å². The number of aryl methyl sites for hydroxylation is 1. The zero-order valence-corrected chi connectivity index (χ0v) is 10.8. The lowest BCUT2D eigenvalue weighted by molar-refractivity contribution is -0.152. The van der Waals surface area contributed by atoms with E-state index in [1.807, 2.05) is 18.2 Å². The van der Waals surface area contributed by atoms with Crippen LogP contribution < -0.4 is 0 Å². The average molecular weight is 262 g/mol. The van der Waals surface area contributed by atoms with Crippen LogP contribution in [0.1, 0.15) is 31.4 Å². The molecule has 0 unspecified atom stereocenters. The molecule has 1 aliphatic rings. The van der Waals surface area contributed by atoms with Crippen LogP contribution in [-0.4, -0.2) is 39.5 Å². The van der Waals surface area contributed by atoms with Gasteiger partial charge in [0.25, 0.3) is 0 Å². The Morgan fingerprint density at radius 1 is 1.37 bits per heavy atom. The molecule has 1 amide bonds. The molecule has 19 heavy (non-hydrogen) atoms. The maximum Gasteiger partial charge on any atom is 0.326 e. The van der Waals surface area contributed by atoms with Crippen molar-refractivity contribution in [3.05, 3.63) is 30.1 Å². The Bertz CT molecular complexity index is 447. The van der Waals surface area contributed by atoms with Gasteiger partial charge in [-0.25, -0.2) is 4.79 Å². The Morgan fingerprint density at radius 3 is 2.89 bits per heavy atom. The highest BCUT2D eigenvalue weighted by Gasteiger charge is 2.31. The summed E-state index contributed by atoms with van der Waals surface area (Å²) in [5.74, 6) is -0.983. The highest BCUT2D eigenvalue weighted by atomic mass is 16.4. The summed E-state index contributed by atoms with van der Waals surface area (Å²) in [6, 6.07) is 4.94. The van der Waals surface area contributed by atoms with Gasteiger partial charge in [0.15, 0.2) is 0 Å². The maximum atomic E-state index is 12.1. The fourth-order valence-corrected chi connectivity index (χ4v) is 2.41. The minimum atomic E-state index is -0.897. The van der Waals surface area contributed by atoms with Crippen molar-refractivity contribution in [2.75, 3.05) is 6.54 Å². The molecule has 102 valence electrons. The first-order chi connectivity index (χ1) is 9.18. The van der Waals surface area contributed by atoms with E-state index in [0.29, 0.717) is 25.8 Å². The number of amides is 1. The minimum absolute atomic E-state index is 0.0854. The first kappa shape index (κ1) is 13.5. The largest absolute Gasteiger partial charge is 0.480 e. The molecule has 0 radical (unpaired) electrons. The lowest BCUT2D eigenvalue weighted by Crippen LogP contribution is -2.48. The summed E-state index contributed by atoms with van der Waals surface area (Å²) < 4.78 is 0. The molecule has 1 N–H and O–H groups in total. The Morgan fingerprint density at radius 2 is 2.21 bits per heavy atom. The average Bonchev–Trinajstić information content (AvgIpc) is 2.46. The summed E-state index contributed by atoms with van der Waals surface area (Å²) in [5, 5.41) is 9.14. The number of aromatic nitrogens is 1. The number of piperidine rings is 1. The van der Waals surface area contributed by atoms with E-state index in [1.54, 1.807) is 6.20 Å². The molecule has 1 aromatic heterocycles. The number of nitrogens with zero attached hydrogens (tertiary/aromatic N) is 2. The SMILES string of the molecule is O=C(O)[C@@H]1CCCCN1C(=O)CCc1ccccn1. The number of rotatable bonds is 4. The number of carboxylic acid groups (broad SMARTS) is 1. The molecule has 1 fully saturated rings. The van der Waals surface area contributed by atoms with Crippen LogP contribution in [0.5, 0.6) is 0 Å². The minimum Gasteiger partial charge on any atom is -0.480 e. The fourth-order valence-electron chi connectivity index (χ4n) is 2.41. The topological polar surface area (TPSA) is 70.5 Å². The molecule has 2 rings (SSSR count). The van der Waals surface area contributed by atoms with Crippen LogP contribution in [0.3, 0.4) is 0 Å². The van der Waals surface area contributed by atoms with Gasteiger partial charge in [0.2, 0.25) is 5.91 Å². The monoisotopic (exact) mass is 262 g/mol. The van der Waals surface area contributed by atoms with Crippen LogP contribution >= 0.6 is 0 Å². The number of hydrogen-bond donors (Lipinski definition) is 1. The highest BCUT2D eigenvalue weighted by Crippen LogP contribution is 2.18. The molecule has 2 heterocycles. The Balaban J connectivity index is 1.93. The van der Waals surface area contributed by atoms with Crippen molar-refractivity contribution in [1.82, 2.24) is 9.88 Å². The molecule has 0 aliphatic carbocycles. The van der Waals surface area contributed by atoms with Gasteiger partial charge in [-0.3, -0.25) is 9.78 Å². The number of hydrogen-bond acceptors (Lipinski definition) is 3. The van der Waals surface area contributed by atoms with E-state index in [4.69, 9.17) is 5.11 Å². The second-order valence-corrected chi connectivity index (χ2v) is 4.76. The molecule has 1 saturated heterocycles. The number of carbonyl (C=O) groups is 2. The molecule has 1 aromatic rings. The van der Waals surface area contributed by atoms with Gasteiger partial charge in [-0.2, -0.15) is 0 Å². The third kappa shape index (κ3) is 3.53. The Hall–Kier alpha value is -1.91. The van der Waals surface area contributed by atoms with E-state index >= 15 is 0 Å². The highest BCUT2D eigenvalue weighted by molar-refractivity contribution is 5.84. The molecule has 0 aromatic carbocycles. The van der Waals surface area contributed by atoms with Crippen molar-refractivity contribution in [2.45, 2.75) is 38.1 Å². The lowest BCUT2D eigenvalue weighted by atomic mass is 10.0. The van der Waals surface area contributed by atoms with Gasteiger partial charge in [-0.05, 0) is 37.8 Å². The predicted octanol–water partition coefficient (Wildman–Crippen LogP) is 1.48. The maximum absolute atomic E-state index is 12.1. The third-order valence-corrected chi connectivity index (χ3v) is 3.43. The van der Waals surface area contributed by atoms with Crippen molar-refractivity contribution < 1.29 is 14.7 Å². The zero-order valence-electron chi connectivity index (χ0n) is 10.8. The van der Waals surface area contributed by atoms with Crippen LogP contribution in [0.2, 0.25) is 0 Å². The summed E-state index contributed by atoms with van der Waals surface area (Å²) in [5.41, 5.74) is 0.861. The van der Waals surface area contributed by atoms with Gasteiger partial charge >= 0.3 is 5.97 Å². The molecule has 1 aliphatic heterocycles. The second kappa shape index (κ2) is 6.31. The van der Waals surface area contributed by atoms with E-state index in [9.17, 15) is 9.59 Å². The third-order valence-electron chi connectivity index (χ3n) is 3.43. The van der Waals surface area contributed by atoms with E-state index in [1.165, 1.54) is 4.90 Å². The zero-order chi connectivity index (χ0) is 13.7. The van der Waals surface area contributed by atoms with Crippen molar-refractivity contribution in [3.8, 4) is 0 Å². The van der Waals surface area contributed by atoms with Crippen molar-refractivity contribution in [2.24, 2.45) is 0 Å². The van der Waals surface area contributed by atoms with Gasteiger partial charge < -0.3 is 10.0 Å². The van der Waals surface area contributed by atoms with Gasteiger partial charge in [0, 0.05) is 24.9 Å². The van der Waals surface area contributed by atoms with Crippen LogP contribution in [0.25, 0.3) is 0 Å². The van der Waals surface area contributed by atoms with Gasteiger partial charge in [-0.1, -0.05) is 6.07 Å². The molecular weight excluding hydrogens is 244 g/mol. The number of likely N-dealkylation sites (tertiary alicyclic amines) is 1.